The summed E-state index contributed by atoms with van der Waals surface area (Å²) in [5.74, 6) is -1.40. The number of aliphatic hydroxyl groups is 1. The molecule has 0 saturated heterocycles. The number of aryl methyl sites for hydroxylation is 1. The van der Waals surface area contributed by atoms with E-state index in [2.05, 4.69) is 10.9 Å². The Balaban J connectivity index is 1.91. The number of nitrogens with one attached hydrogen (secondary N) is 3. The normalized spacial score (nSPS) is 15.4. The molecule has 0 spiro atoms. The van der Waals surface area contributed by atoms with Crippen molar-refractivity contribution in [1.82, 2.24) is 15.6 Å². The molecule has 0 radical (unpaired) electrons. The zero-order chi connectivity index (χ0) is 21.1. The molecule has 28 heavy (non-hydrogen) atoms. The van der Waals surface area contributed by atoms with Gasteiger partial charge in [0.2, 0.25) is 11.8 Å². The van der Waals surface area contributed by atoms with Crippen molar-refractivity contribution >= 4 is 27.9 Å². The van der Waals surface area contributed by atoms with Crippen LogP contribution >= 0.6 is 0 Å². The van der Waals surface area contributed by atoms with Gasteiger partial charge in [-0.05, 0) is 44.9 Å². The minimum absolute atomic E-state index is 0.00115. The lowest BCUT2D eigenvalue weighted by Crippen LogP contribution is -2.44. The number of hydrazine groups is 1. The molecule has 2 rings (SSSR count). The molecule has 11 nitrogen and oxygen atoms in total. The van der Waals surface area contributed by atoms with Crippen molar-refractivity contribution < 1.29 is 33.0 Å². The molecule has 1 aromatic rings. The molecule has 1 heterocycles. The number of aromatic hydroxyl groups is 1. The van der Waals surface area contributed by atoms with E-state index in [0.29, 0.717) is 9.87 Å². The van der Waals surface area contributed by atoms with Crippen LogP contribution in [0.15, 0.2) is 30.3 Å². The lowest BCUT2D eigenvalue weighted by Gasteiger charge is -2.19. The summed E-state index contributed by atoms with van der Waals surface area (Å²) >= 11 is 0. The van der Waals surface area contributed by atoms with Crippen LogP contribution in [0.5, 0.6) is 5.75 Å². The fourth-order valence-electron chi connectivity index (χ4n) is 2.24. The van der Waals surface area contributed by atoms with Gasteiger partial charge in [-0.15, -0.1) is 0 Å². The van der Waals surface area contributed by atoms with Crippen molar-refractivity contribution in [2.24, 2.45) is 0 Å². The molecule has 0 atom stereocenters. The zero-order valence-corrected chi connectivity index (χ0v) is 16.3. The molecule has 0 bridgehead atoms. The number of amides is 2. The third kappa shape index (κ3) is 5.67. The maximum absolute atomic E-state index is 11.8. The summed E-state index contributed by atoms with van der Waals surface area (Å²) in [5, 5.41) is 19.4. The van der Waals surface area contributed by atoms with E-state index in [1.54, 1.807) is 20.8 Å². The highest BCUT2D eigenvalue weighted by atomic mass is 32.2. The van der Waals surface area contributed by atoms with E-state index in [9.17, 15) is 28.2 Å². The van der Waals surface area contributed by atoms with Gasteiger partial charge < -0.3 is 14.9 Å². The molecule has 1 aliphatic rings. The number of carbonyl (C=O) groups excluding carboxylic acids is 2. The number of benzene rings is 1. The van der Waals surface area contributed by atoms with E-state index < -0.39 is 33.7 Å². The Morgan fingerprint density at radius 2 is 1.89 bits per heavy atom. The Bertz CT molecular complexity index is 906. The van der Waals surface area contributed by atoms with Crippen LogP contribution in [-0.4, -0.2) is 36.2 Å². The van der Waals surface area contributed by atoms with Crippen molar-refractivity contribution in [3.05, 3.63) is 35.8 Å². The summed E-state index contributed by atoms with van der Waals surface area (Å²) < 4.78 is 31.2. The first-order valence-corrected chi connectivity index (χ1v) is 9.64. The Labute approximate surface area is 162 Å². The molecule has 154 valence electrons. The average molecular weight is 414 g/mol. The first-order valence-electron chi connectivity index (χ1n) is 8.20. The molecule has 0 aliphatic carbocycles. The predicted molar refractivity (Wildman–Crippen MR) is 99.2 cm³/mol. The summed E-state index contributed by atoms with van der Waals surface area (Å²) in [4.78, 5) is 23.3. The number of rotatable bonds is 4. The van der Waals surface area contributed by atoms with Crippen LogP contribution < -0.4 is 19.9 Å². The number of nitrogens with zero attached hydrogens (tertiary/aromatic N) is 1. The van der Waals surface area contributed by atoms with Gasteiger partial charge in [0.05, 0.1) is 6.20 Å². The molecule has 2 amide bonds. The Morgan fingerprint density at radius 3 is 2.43 bits per heavy atom. The van der Waals surface area contributed by atoms with Crippen LogP contribution in [0.1, 0.15) is 32.8 Å². The highest BCUT2D eigenvalue weighted by Gasteiger charge is 2.30. The monoisotopic (exact) mass is 414 g/mol. The molecule has 0 fully saturated rings. The van der Waals surface area contributed by atoms with E-state index in [-0.39, 0.29) is 24.3 Å². The van der Waals surface area contributed by atoms with Crippen LogP contribution in [0, 0.1) is 0 Å². The van der Waals surface area contributed by atoms with Crippen LogP contribution in [0.25, 0.3) is 0 Å². The summed E-state index contributed by atoms with van der Waals surface area (Å²) in [6, 6.07) is 4.18. The number of ether oxygens (including phenoxy) is 1. The fraction of sp³-hybridized carbons (Fsp3) is 0.375. The van der Waals surface area contributed by atoms with E-state index in [0.717, 1.165) is 6.20 Å². The zero-order valence-electron chi connectivity index (χ0n) is 15.5. The summed E-state index contributed by atoms with van der Waals surface area (Å²) in [7, 11) is -4.01. The molecule has 5 N–H and O–H groups in total. The second-order valence-corrected chi connectivity index (χ2v) is 8.46. The molecular weight excluding hydrogens is 392 g/mol. The SMILES string of the molecule is CC(C)(C)OC(=O)NNC(=O)CCc1ccc(N2C=C(O)NS2(=O)=O)c(O)c1. The average Bonchev–Trinajstić information content (AvgIpc) is 2.81. The molecule has 0 unspecified atom stereocenters. The highest BCUT2D eigenvalue weighted by molar-refractivity contribution is 7.91. The number of hydrogen-bond acceptors (Lipinski definition) is 7. The minimum atomic E-state index is -4.01. The van der Waals surface area contributed by atoms with Crippen molar-refractivity contribution in [3.63, 3.8) is 0 Å². The van der Waals surface area contributed by atoms with Gasteiger partial charge in [-0.3, -0.25) is 10.2 Å². The Kier molecular flexibility index (Phi) is 5.92. The first kappa shape index (κ1) is 21.2. The number of phenols is 1. The van der Waals surface area contributed by atoms with Crippen LogP contribution in [0.2, 0.25) is 0 Å². The molecule has 0 aromatic heterocycles. The maximum Gasteiger partial charge on any atom is 0.426 e. The molecule has 12 heteroatoms. The van der Waals surface area contributed by atoms with Gasteiger partial charge in [0, 0.05) is 6.42 Å². The third-order valence-electron chi connectivity index (χ3n) is 3.35. The van der Waals surface area contributed by atoms with E-state index in [1.807, 2.05) is 4.72 Å². The number of phenolic OH excluding ortho intramolecular Hbond substituents is 1. The number of hydrogen-bond donors (Lipinski definition) is 5. The first-order chi connectivity index (χ1) is 12.9. The maximum atomic E-state index is 11.8. The summed E-state index contributed by atoms with van der Waals surface area (Å²) in [6.07, 6.45) is 0.347. The minimum Gasteiger partial charge on any atom is -0.506 e. The van der Waals surface area contributed by atoms with Crippen LogP contribution in [0.3, 0.4) is 0 Å². The number of anilines is 1. The molecule has 1 aliphatic heterocycles. The smallest absolute Gasteiger partial charge is 0.426 e. The van der Waals surface area contributed by atoms with Gasteiger partial charge in [-0.1, -0.05) is 6.07 Å². The van der Waals surface area contributed by atoms with Gasteiger partial charge in [-0.2, -0.15) is 8.42 Å². The van der Waals surface area contributed by atoms with Crippen molar-refractivity contribution in [2.45, 2.75) is 39.2 Å². The lowest BCUT2D eigenvalue weighted by atomic mass is 10.1. The number of aliphatic hydroxyl groups excluding tert-OH is 1. The molecule has 1 aromatic carbocycles. The fourth-order valence-corrected chi connectivity index (χ4v) is 3.31. The highest BCUT2D eigenvalue weighted by Crippen LogP contribution is 2.32. The lowest BCUT2D eigenvalue weighted by molar-refractivity contribution is -0.122. The largest absolute Gasteiger partial charge is 0.506 e. The standard InChI is InChI=1S/C16H22N4O7S/c1-16(2,3)27-15(24)18-17-13(22)7-5-10-4-6-11(12(21)8-10)20-9-14(23)19-28(20,25)26/h4,6,8-9,19,21,23H,5,7H2,1-3H3,(H,17,22)(H,18,24). The molecule has 0 saturated carbocycles. The van der Waals surface area contributed by atoms with Crippen molar-refractivity contribution in [3.8, 4) is 5.75 Å². The second-order valence-electron chi connectivity index (χ2n) is 6.92. The second kappa shape index (κ2) is 7.84. The van der Waals surface area contributed by atoms with Crippen molar-refractivity contribution in [2.75, 3.05) is 4.31 Å². The quantitative estimate of drug-likeness (QED) is 0.458. The third-order valence-corrected chi connectivity index (χ3v) is 4.64. The van der Waals surface area contributed by atoms with Crippen LogP contribution in [0.4, 0.5) is 10.5 Å². The van der Waals surface area contributed by atoms with E-state index >= 15 is 0 Å². The van der Waals surface area contributed by atoms with E-state index in [1.165, 1.54) is 18.2 Å². The van der Waals surface area contributed by atoms with Crippen LogP contribution in [-0.2, 0) is 26.2 Å². The van der Waals surface area contributed by atoms with Gasteiger partial charge in [0.15, 0.2) is 0 Å². The van der Waals surface area contributed by atoms with E-state index in [4.69, 9.17) is 4.74 Å². The Hall–Kier alpha value is -3.15. The van der Waals surface area contributed by atoms with Crippen molar-refractivity contribution in [1.29, 1.82) is 0 Å². The topological polar surface area (TPSA) is 157 Å². The van der Waals surface area contributed by atoms with Gasteiger partial charge in [-0.25, -0.2) is 19.2 Å². The van der Waals surface area contributed by atoms with Gasteiger partial charge in [0.25, 0.3) is 0 Å². The van der Waals surface area contributed by atoms with Gasteiger partial charge in [0.1, 0.15) is 17.0 Å². The predicted octanol–water partition coefficient (Wildman–Crippen LogP) is 0.892. The summed E-state index contributed by atoms with van der Waals surface area (Å²) in [6.45, 7) is 5.06. The number of carbonyl (C=O) groups is 2. The van der Waals surface area contributed by atoms with Gasteiger partial charge >= 0.3 is 16.3 Å². The molecular formula is C16H22N4O7S. The summed E-state index contributed by atoms with van der Waals surface area (Å²) in [5.41, 5.74) is 4.14. The Morgan fingerprint density at radius 1 is 1.21 bits per heavy atom.